The topological polar surface area (TPSA) is 81.9 Å². The van der Waals surface area contributed by atoms with Gasteiger partial charge >= 0.3 is 0 Å². The molecule has 2 aromatic rings. The van der Waals surface area contributed by atoms with Crippen molar-refractivity contribution in [1.29, 1.82) is 5.41 Å². The Morgan fingerprint density at radius 2 is 2.10 bits per heavy atom. The zero-order chi connectivity index (χ0) is 14.7. The van der Waals surface area contributed by atoms with E-state index in [9.17, 15) is 0 Å². The Morgan fingerprint density at radius 1 is 1.33 bits per heavy atom. The van der Waals surface area contributed by atoms with Gasteiger partial charge < -0.3 is 15.8 Å². The molecule has 21 heavy (non-hydrogen) atoms. The van der Waals surface area contributed by atoms with E-state index in [1.54, 1.807) is 6.20 Å². The number of nitrogens with zero attached hydrogens (tertiary/aromatic N) is 2. The van der Waals surface area contributed by atoms with E-state index < -0.39 is 0 Å². The molecule has 1 fully saturated rings. The van der Waals surface area contributed by atoms with Crippen LogP contribution in [0, 0.1) is 11.3 Å². The number of aliphatic hydroxyl groups excluding tert-OH is 1. The lowest BCUT2D eigenvalue weighted by molar-refractivity contribution is 0.134. The normalized spacial score (nSPS) is 21.9. The van der Waals surface area contributed by atoms with Crippen molar-refractivity contribution in [2.45, 2.75) is 18.9 Å². The van der Waals surface area contributed by atoms with Gasteiger partial charge in [-0.15, -0.1) is 0 Å². The van der Waals surface area contributed by atoms with Crippen molar-refractivity contribution in [2.75, 3.05) is 6.61 Å². The predicted molar refractivity (Wildman–Crippen MR) is 83.0 cm³/mol. The zero-order valence-electron chi connectivity index (χ0n) is 11.7. The Bertz CT molecular complexity index is 677. The third-order valence-corrected chi connectivity index (χ3v) is 3.87. The summed E-state index contributed by atoms with van der Waals surface area (Å²) >= 11 is 0. The molecule has 5 nitrogen and oxygen atoms in total. The van der Waals surface area contributed by atoms with Gasteiger partial charge in [0, 0.05) is 30.6 Å². The molecule has 108 valence electrons. The molecule has 0 atom stereocenters. The van der Waals surface area contributed by atoms with Crippen LogP contribution in [0.15, 0.2) is 36.7 Å². The number of para-hydroxylation sites is 2. The van der Waals surface area contributed by atoms with Crippen molar-refractivity contribution in [3.8, 4) is 0 Å². The molecular weight excluding hydrogens is 264 g/mol. The number of aromatic nitrogens is 2. The van der Waals surface area contributed by atoms with Gasteiger partial charge in [0.15, 0.2) is 0 Å². The smallest absolute Gasteiger partial charge is 0.0922 e. The van der Waals surface area contributed by atoms with Crippen LogP contribution in [-0.4, -0.2) is 33.9 Å². The summed E-state index contributed by atoms with van der Waals surface area (Å²) in [5, 5.41) is 19.9. The average molecular weight is 282 g/mol. The number of nitrogens with one attached hydrogen (secondary N) is 2. The van der Waals surface area contributed by atoms with Gasteiger partial charge in [-0.25, -0.2) is 4.98 Å². The van der Waals surface area contributed by atoms with Crippen LogP contribution in [0.5, 0.6) is 0 Å². The number of aliphatic hydroxyl groups is 1. The molecule has 1 aliphatic rings. The number of hydrogen-bond donors (Lipinski definition) is 3. The lowest BCUT2D eigenvalue weighted by Gasteiger charge is -2.34. The lowest BCUT2D eigenvalue weighted by atomic mass is 9.81. The van der Waals surface area contributed by atoms with Crippen molar-refractivity contribution in [3.05, 3.63) is 42.4 Å². The largest absolute Gasteiger partial charge is 0.396 e. The molecule has 0 radical (unpaired) electrons. The second-order valence-electron chi connectivity index (χ2n) is 5.37. The summed E-state index contributed by atoms with van der Waals surface area (Å²) in [4.78, 5) is 8.91. The molecular formula is C16H18N4O. The molecule has 3 N–H and O–H groups in total. The van der Waals surface area contributed by atoms with E-state index in [1.165, 1.54) is 6.21 Å². The molecule has 0 unspecified atom stereocenters. The summed E-state index contributed by atoms with van der Waals surface area (Å²) in [6, 6.07) is 8.07. The first-order valence-corrected chi connectivity index (χ1v) is 7.10. The number of benzene rings is 1. The Balaban J connectivity index is 1.76. The summed E-state index contributed by atoms with van der Waals surface area (Å²) in [6.45, 7) is 0.259. The Labute approximate surface area is 123 Å². The quantitative estimate of drug-likeness (QED) is 0.732. The van der Waals surface area contributed by atoms with E-state index in [0.717, 1.165) is 23.9 Å². The van der Waals surface area contributed by atoms with Gasteiger partial charge in [-0.2, -0.15) is 0 Å². The van der Waals surface area contributed by atoms with Crippen molar-refractivity contribution in [2.24, 2.45) is 5.92 Å². The zero-order valence-corrected chi connectivity index (χ0v) is 11.7. The van der Waals surface area contributed by atoms with E-state index in [2.05, 4.69) is 15.3 Å². The van der Waals surface area contributed by atoms with Crippen LogP contribution < -0.4 is 5.32 Å². The van der Waals surface area contributed by atoms with Gasteiger partial charge in [0.05, 0.1) is 22.9 Å². The Morgan fingerprint density at radius 3 is 2.81 bits per heavy atom. The number of allylic oxidation sites excluding steroid dienone is 1. The fourth-order valence-electron chi connectivity index (χ4n) is 2.51. The first kappa shape index (κ1) is 13.7. The van der Waals surface area contributed by atoms with Gasteiger partial charge in [-0.05, 0) is 30.9 Å². The lowest BCUT2D eigenvalue weighted by Crippen LogP contribution is -2.40. The monoisotopic (exact) mass is 282 g/mol. The van der Waals surface area contributed by atoms with Gasteiger partial charge in [0.2, 0.25) is 0 Å². The average Bonchev–Trinajstić information content (AvgIpc) is 2.49. The highest BCUT2D eigenvalue weighted by molar-refractivity contribution is 6.07. The van der Waals surface area contributed by atoms with E-state index in [1.807, 2.05) is 30.5 Å². The van der Waals surface area contributed by atoms with Gasteiger partial charge in [0.1, 0.15) is 0 Å². The molecule has 3 rings (SSSR count). The Kier molecular flexibility index (Phi) is 3.92. The van der Waals surface area contributed by atoms with Crippen LogP contribution in [0.2, 0.25) is 0 Å². The third-order valence-electron chi connectivity index (χ3n) is 3.87. The molecule has 0 bridgehead atoms. The highest BCUT2D eigenvalue weighted by atomic mass is 16.3. The minimum Gasteiger partial charge on any atom is -0.396 e. The predicted octanol–water partition coefficient (Wildman–Crippen LogP) is 1.98. The summed E-state index contributed by atoms with van der Waals surface area (Å²) in [6.07, 6.45) is 6.75. The Hall–Kier alpha value is -2.27. The fraction of sp³-hybridized carbons (Fsp3) is 0.312. The van der Waals surface area contributed by atoms with E-state index in [0.29, 0.717) is 23.2 Å². The maximum absolute atomic E-state index is 9.01. The summed E-state index contributed by atoms with van der Waals surface area (Å²) in [5.41, 5.74) is 3.07. The molecule has 1 saturated carbocycles. The van der Waals surface area contributed by atoms with Gasteiger partial charge in [-0.1, -0.05) is 12.1 Å². The molecule has 5 heteroatoms. The van der Waals surface area contributed by atoms with Crippen molar-refractivity contribution in [1.82, 2.24) is 15.3 Å². The standard InChI is InChI=1S/C16H18N4O/c17-7-12(8-18-13-5-11(6-13)10-21)16-9-19-14-3-1-2-4-15(14)20-16/h1-4,7-9,11,13,17-18,21H,5-6,10H2/b12-8+,17-7?. The third kappa shape index (κ3) is 2.92. The van der Waals surface area contributed by atoms with Crippen LogP contribution in [0.1, 0.15) is 18.5 Å². The van der Waals surface area contributed by atoms with Crippen molar-refractivity contribution in [3.63, 3.8) is 0 Å². The summed E-state index contributed by atoms with van der Waals surface area (Å²) in [7, 11) is 0. The first-order valence-electron chi connectivity index (χ1n) is 7.10. The number of rotatable bonds is 5. The summed E-state index contributed by atoms with van der Waals surface area (Å²) < 4.78 is 0. The van der Waals surface area contributed by atoms with Crippen LogP contribution in [0.3, 0.4) is 0 Å². The minimum absolute atomic E-state index is 0.259. The van der Waals surface area contributed by atoms with Crippen LogP contribution in [0.25, 0.3) is 16.6 Å². The summed E-state index contributed by atoms with van der Waals surface area (Å²) in [5.74, 6) is 0.416. The van der Waals surface area contributed by atoms with Gasteiger partial charge in [-0.3, -0.25) is 4.98 Å². The fourth-order valence-corrected chi connectivity index (χ4v) is 2.51. The maximum atomic E-state index is 9.01. The second-order valence-corrected chi connectivity index (χ2v) is 5.37. The molecule has 0 amide bonds. The van der Waals surface area contributed by atoms with Crippen LogP contribution in [-0.2, 0) is 0 Å². The highest BCUT2D eigenvalue weighted by Gasteiger charge is 2.27. The minimum atomic E-state index is 0.259. The SMILES string of the molecule is N=C/C(=C\NC1CC(CO)C1)c1cnc2ccccc2n1. The van der Waals surface area contributed by atoms with Crippen molar-refractivity contribution < 1.29 is 5.11 Å². The second kappa shape index (κ2) is 6.01. The molecule has 1 aromatic heterocycles. The molecule has 0 saturated heterocycles. The van der Waals surface area contributed by atoms with E-state index in [4.69, 9.17) is 10.5 Å². The first-order chi connectivity index (χ1) is 10.3. The van der Waals surface area contributed by atoms with Gasteiger partial charge in [0.25, 0.3) is 0 Å². The van der Waals surface area contributed by atoms with Crippen LogP contribution in [0.4, 0.5) is 0 Å². The highest BCUT2D eigenvalue weighted by Crippen LogP contribution is 2.26. The van der Waals surface area contributed by atoms with Crippen molar-refractivity contribution >= 4 is 22.8 Å². The number of fused-ring (bicyclic) bond motifs is 1. The molecule has 1 aromatic carbocycles. The number of hydrogen-bond acceptors (Lipinski definition) is 5. The van der Waals surface area contributed by atoms with Crippen LogP contribution >= 0.6 is 0 Å². The molecule has 0 spiro atoms. The van der Waals surface area contributed by atoms with E-state index in [-0.39, 0.29) is 6.61 Å². The maximum Gasteiger partial charge on any atom is 0.0922 e. The van der Waals surface area contributed by atoms with E-state index >= 15 is 0 Å². The molecule has 1 heterocycles. The molecule has 0 aliphatic heterocycles. The molecule has 1 aliphatic carbocycles.